The smallest absolute Gasteiger partial charge is 0.194 e. The molecule has 154 valence electrons. The van der Waals surface area contributed by atoms with Gasteiger partial charge >= 0.3 is 0 Å². The summed E-state index contributed by atoms with van der Waals surface area (Å²) in [6.07, 6.45) is 2.48. The maximum absolute atomic E-state index is 6.35. The molecule has 0 amide bonds. The van der Waals surface area contributed by atoms with Gasteiger partial charge in [-0.25, -0.2) is 4.99 Å². The molecule has 0 spiro atoms. The van der Waals surface area contributed by atoms with Gasteiger partial charge in [0.05, 0.1) is 24.3 Å². The molecule has 4 rings (SSSR count). The Hall–Kier alpha value is -1.70. The fourth-order valence-corrected chi connectivity index (χ4v) is 4.12. The quantitative estimate of drug-likeness (QED) is 0.608. The van der Waals surface area contributed by atoms with Crippen LogP contribution < -0.4 is 14.8 Å². The van der Waals surface area contributed by atoms with Gasteiger partial charge in [-0.2, -0.15) is 0 Å². The van der Waals surface area contributed by atoms with Crippen molar-refractivity contribution in [3.8, 4) is 11.5 Å². The van der Waals surface area contributed by atoms with Gasteiger partial charge in [0.15, 0.2) is 17.5 Å². The summed E-state index contributed by atoms with van der Waals surface area (Å²) in [7, 11) is 0. The molecular formula is C20H28ClN3O4. The van der Waals surface area contributed by atoms with E-state index in [2.05, 4.69) is 17.1 Å². The van der Waals surface area contributed by atoms with Gasteiger partial charge in [0, 0.05) is 26.2 Å². The molecule has 1 aromatic rings. The van der Waals surface area contributed by atoms with Gasteiger partial charge in [-0.15, -0.1) is 0 Å². The average molecular weight is 410 g/mol. The summed E-state index contributed by atoms with van der Waals surface area (Å²) < 4.78 is 23.0. The van der Waals surface area contributed by atoms with Crippen molar-refractivity contribution in [3.63, 3.8) is 0 Å². The van der Waals surface area contributed by atoms with Crippen molar-refractivity contribution >= 4 is 17.6 Å². The van der Waals surface area contributed by atoms with Crippen LogP contribution in [0.3, 0.4) is 0 Å². The molecular weight excluding hydrogens is 382 g/mol. The van der Waals surface area contributed by atoms with Gasteiger partial charge in [0.25, 0.3) is 0 Å². The molecule has 1 N–H and O–H groups in total. The summed E-state index contributed by atoms with van der Waals surface area (Å²) >= 11 is 6.35. The Kier molecular flexibility index (Phi) is 6.44. The van der Waals surface area contributed by atoms with E-state index in [1.807, 2.05) is 12.1 Å². The van der Waals surface area contributed by atoms with Crippen LogP contribution in [-0.4, -0.2) is 69.1 Å². The van der Waals surface area contributed by atoms with Gasteiger partial charge in [-0.3, -0.25) is 0 Å². The molecule has 0 bridgehead atoms. The molecule has 2 unspecified atom stereocenters. The highest BCUT2D eigenvalue weighted by molar-refractivity contribution is 6.32. The lowest BCUT2D eigenvalue weighted by Gasteiger charge is -2.37. The first-order valence-electron chi connectivity index (χ1n) is 10.1. The molecule has 0 aliphatic carbocycles. The number of benzene rings is 1. The first kappa shape index (κ1) is 19.6. The van der Waals surface area contributed by atoms with Gasteiger partial charge in [-0.05, 0) is 37.5 Å². The second-order valence-electron chi connectivity index (χ2n) is 7.18. The van der Waals surface area contributed by atoms with E-state index in [1.165, 1.54) is 0 Å². The van der Waals surface area contributed by atoms with E-state index in [0.717, 1.165) is 50.6 Å². The predicted molar refractivity (Wildman–Crippen MR) is 108 cm³/mol. The summed E-state index contributed by atoms with van der Waals surface area (Å²) in [5.74, 6) is 2.21. The van der Waals surface area contributed by atoms with Crippen molar-refractivity contribution < 1.29 is 18.9 Å². The Balaban J connectivity index is 1.46. The number of rotatable bonds is 4. The van der Waals surface area contributed by atoms with Crippen LogP contribution in [0.5, 0.6) is 11.5 Å². The SMILES string of the molecule is CCNC(=NCc1cc(Cl)c2c(c1)OCCO2)N1CCOC(C2CCCO2)C1. The van der Waals surface area contributed by atoms with E-state index in [1.54, 1.807) is 0 Å². The fourth-order valence-electron chi connectivity index (χ4n) is 3.84. The molecule has 3 heterocycles. The molecule has 1 aromatic carbocycles. The van der Waals surface area contributed by atoms with Gasteiger partial charge < -0.3 is 29.2 Å². The van der Waals surface area contributed by atoms with Crippen molar-refractivity contribution in [2.45, 2.75) is 38.5 Å². The number of morpholine rings is 1. The molecule has 0 radical (unpaired) electrons. The highest BCUT2D eigenvalue weighted by Gasteiger charge is 2.32. The Morgan fingerprint density at radius 3 is 2.86 bits per heavy atom. The zero-order valence-electron chi connectivity index (χ0n) is 16.3. The fraction of sp³-hybridized carbons (Fsp3) is 0.650. The van der Waals surface area contributed by atoms with Gasteiger partial charge in [0.2, 0.25) is 0 Å². The van der Waals surface area contributed by atoms with Crippen LogP contribution in [-0.2, 0) is 16.0 Å². The number of nitrogens with one attached hydrogen (secondary N) is 1. The summed E-state index contributed by atoms with van der Waals surface area (Å²) in [5, 5.41) is 3.97. The van der Waals surface area contributed by atoms with Crippen molar-refractivity contribution in [2.75, 3.05) is 46.1 Å². The Labute approximate surface area is 170 Å². The van der Waals surface area contributed by atoms with Crippen LogP contribution in [0.15, 0.2) is 17.1 Å². The predicted octanol–water partition coefficient (Wildman–Crippen LogP) is 2.46. The van der Waals surface area contributed by atoms with Crippen molar-refractivity contribution in [3.05, 3.63) is 22.7 Å². The zero-order chi connectivity index (χ0) is 19.3. The van der Waals surface area contributed by atoms with E-state index in [4.69, 9.17) is 35.5 Å². The number of guanidine groups is 1. The summed E-state index contributed by atoms with van der Waals surface area (Å²) in [6.45, 7) is 7.59. The molecule has 7 nitrogen and oxygen atoms in total. The maximum atomic E-state index is 6.35. The number of aliphatic imine (C=N–C) groups is 1. The number of hydrogen-bond acceptors (Lipinski definition) is 5. The summed E-state index contributed by atoms with van der Waals surface area (Å²) in [5.41, 5.74) is 0.994. The minimum atomic E-state index is 0.101. The van der Waals surface area contributed by atoms with Crippen molar-refractivity contribution in [1.29, 1.82) is 0 Å². The second kappa shape index (κ2) is 9.20. The molecule has 0 aromatic heterocycles. The van der Waals surface area contributed by atoms with Crippen LogP contribution >= 0.6 is 11.6 Å². The molecule has 3 aliphatic heterocycles. The standard InChI is InChI=1S/C20H28ClN3O4/c1-2-22-20(24-5-7-26-18(13-24)16-4-3-6-25-16)23-12-14-10-15(21)19-17(11-14)27-8-9-28-19/h10-11,16,18H,2-9,12-13H2,1H3,(H,22,23). The summed E-state index contributed by atoms with van der Waals surface area (Å²) in [4.78, 5) is 7.10. The minimum absolute atomic E-state index is 0.101. The molecule has 2 fully saturated rings. The van der Waals surface area contributed by atoms with E-state index in [9.17, 15) is 0 Å². The Bertz CT molecular complexity index is 709. The van der Waals surface area contributed by atoms with Gasteiger partial charge in [-0.1, -0.05) is 11.6 Å². The number of hydrogen-bond donors (Lipinski definition) is 1. The topological polar surface area (TPSA) is 64.6 Å². The molecule has 2 saturated heterocycles. The molecule has 8 heteroatoms. The summed E-state index contributed by atoms with van der Waals surface area (Å²) in [6, 6.07) is 3.86. The lowest BCUT2D eigenvalue weighted by atomic mass is 10.1. The Morgan fingerprint density at radius 2 is 2.04 bits per heavy atom. The van der Waals surface area contributed by atoms with Gasteiger partial charge in [0.1, 0.15) is 19.3 Å². The molecule has 3 aliphatic rings. The third-order valence-electron chi connectivity index (χ3n) is 5.18. The number of ether oxygens (including phenoxy) is 4. The third kappa shape index (κ3) is 4.47. The van der Waals surface area contributed by atoms with Crippen molar-refractivity contribution in [2.24, 2.45) is 4.99 Å². The minimum Gasteiger partial charge on any atom is -0.486 e. The lowest BCUT2D eigenvalue weighted by molar-refractivity contribution is -0.0817. The van der Waals surface area contributed by atoms with Crippen molar-refractivity contribution in [1.82, 2.24) is 10.2 Å². The Morgan fingerprint density at radius 1 is 1.18 bits per heavy atom. The monoisotopic (exact) mass is 409 g/mol. The number of fused-ring (bicyclic) bond motifs is 1. The van der Waals surface area contributed by atoms with Crippen LogP contribution in [0.25, 0.3) is 0 Å². The highest BCUT2D eigenvalue weighted by atomic mass is 35.5. The largest absolute Gasteiger partial charge is 0.486 e. The first-order valence-corrected chi connectivity index (χ1v) is 10.5. The average Bonchev–Trinajstić information content (AvgIpc) is 3.26. The maximum Gasteiger partial charge on any atom is 0.194 e. The first-order chi connectivity index (χ1) is 13.7. The van der Waals surface area contributed by atoms with Crippen LogP contribution in [0.2, 0.25) is 5.02 Å². The van der Waals surface area contributed by atoms with E-state index < -0.39 is 0 Å². The zero-order valence-corrected chi connectivity index (χ0v) is 17.0. The third-order valence-corrected chi connectivity index (χ3v) is 5.46. The lowest BCUT2D eigenvalue weighted by Crippen LogP contribution is -2.53. The number of nitrogens with zero attached hydrogens (tertiary/aromatic N) is 2. The van der Waals surface area contributed by atoms with E-state index in [-0.39, 0.29) is 12.2 Å². The molecule has 0 saturated carbocycles. The van der Waals surface area contributed by atoms with E-state index in [0.29, 0.717) is 42.9 Å². The number of halogens is 1. The van der Waals surface area contributed by atoms with E-state index >= 15 is 0 Å². The highest BCUT2D eigenvalue weighted by Crippen LogP contribution is 2.38. The van der Waals surface area contributed by atoms with Crippen LogP contribution in [0, 0.1) is 0 Å². The van der Waals surface area contributed by atoms with Crippen LogP contribution in [0.1, 0.15) is 25.3 Å². The second-order valence-corrected chi connectivity index (χ2v) is 7.59. The van der Waals surface area contributed by atoms with Crippen LogP contribution in [0.4, 0.5) is 0 Å². The molecule has 2 atom stereocenters. The normalized spacial score (nSPS) is 25.1. The molecule has 28 heavy (non-hydrogen) atoms.